The normalized spacial score (nSPS) is 10.6. The lowest BCUT2D eigenvalue weighted by molar-refractivity contribution is 1.03. The first kappa shape index (κ1) is 12.3. The van der Waals surface area contributed by atoms with Gasteiger partial charge in [0.15, 0.2) is 0 Å². The van der Waals surface area contributed by atoms with Crippen LogP contribution in [0.1, 0.15) is 5.69 Å². The quantitative estimate of drug-likeness (QED) is 0.727. The summed E-state index contributed by atoms with van der Waals surface area (Å²) in [6.45, 7) is 0.651. The number of anilines is 1. The first-order valence-corrected chi connectivity index (χ1v) is 6.95. The summed E-state index contributed by atoms with van der Waals surface area (Å²) in [5.41, 5.74) is 1.93. The van der Waals surface area contributed by atoms with Crippen LogP contribution in [-0.2, 0) is 6.54 Å². The van der Waals surface area contributed by atoms with Gasteiger partial charge in [0.05, 0.1) is 17.8 Å². The second kappa shape index (κ2) is 5.48. The van der Waals surface area contributed by atoms with E-state index in [1.54, 1.807) is 12.5 Å². The summed E-state index contributed by atoms with van der Waals surface area (Å²) in [4.78, 5) is 12.9. The molecule has 0 saturated carbocycles. The first-order chi connectivity index (χ1) is 9.33. The van der Waals surface area contributed by atoms with E-state index in [2.05, 4.69) is 48.9 Å². The molecule has 0 radical (unpaired) electrons. The predicted molar refractivity (Wildman–Crippen MR) is 83.8 cm³/mol. The van der Waals surface area contributed by atoms with E-state index in [9.17, 15) is 0 Å². The number of rotatable bonds is 3. The second-order valence-electron chi connectivity index (χ2n) is 4.06. The summed E-state index contributed by atoms with van der Waals surface area (Å²) in [6, 6.07) is 12.0. The average Bonchev–Trinajstić information content (AvgIpc) is 2.46. The van der Waals surface area contributed by atoms with Crippen LogP contribution in [0.25, 0.3) is 10.9 Å². The molecule has 2 aromatic heterocycles. The fraction of sp³-hybridized carbons (Fsp3) is 0.0714. The fourth-order valence-corrected chi connectivity index (χ4v) is 2.34. The maximum Gasteiger partial charge on any atom is 0.137 e. The molecule has 0 bridgehead atoms. The van der Waals surface area contributed by atoms with Gasteiger partial charge < -0.3 is 5.32 Å². The van der Waals surface area contributed by atoms with Crippen LogP contribution < -0.4 is 5.32 Å². The fourth-order valence-electron chi connectivity index (χ4n) is 1.85. The van der Waals surface area contributed by atoms with E-state index in [4.69, 9.17) is 0 Å². The molecule has 0 unspecified atom stereocenters. The van der Waals surface area contributed by atoms with Crippen LogP contribution in [0.5, 0.6) is 0 Å². The van der Waals surface area contributed by atoms with Crippen molar-refractivity contribution in [1.29, 1.82) is 0 Å². The van der Waals surface area contributed by atoms with Gasteiger partial charge in [0.2, 0.25) is 0 Å². The van der Waals surface area contributed by atoms with Crippen molar-refractivity contribution in [2.24, 2.45) is 0 Å². The van der Waals surface area contributed by atoms with E-state index < -0.39 is 0 Å². The van der Waals surface area contributed by atoms with Gasteiger partial charge in [-0.3, -0.25) is 4.98 Å². The van der Waals surface area contributed by atoms with E-state index in [-0.39, 0.29) is 0 Å². The van der Waals surface area contributed by atoms with E-state index in [1.807, 2.05) is 30.3 Å². The minimum Gasteiger partial charge on any atom is -0.364 e. The van der Waals surface area contributed by atoms with Crippen LogP contribution in [0.15, 0.2) is 48.9 Å². The molecule has 0 fully saturated rings. The number of fused-ring (bicyclic) bond motifs is 1. The molecule has 1 aromatic carbocycles. The molecule has 5 heteroatoms. The van der Waals surface area contributed by atoms with Gasteiger partial charge in [-0.1, -0.05) is 6.07 Å². The standard InChI is InChI=1S/C14H11IN4/c15-10-4-5-13-12(7-10)14(19-9-18-13)17-8-11-3-1-2-6-16-11/h1-7,9H,8H2,(H,17,18,19). The van der Waals surface area contributed by atoms with Crippen molar-refractivity contribution in [1.82, 2.24) is 15.0 Å². The Morgan fingerprint density at radius 2 is 2.00 bits per heavy atom. The number of pyridine rings is 1. The van der Waals surface area contributed by atoms with Crippen LogP contribution in [0.4, 0.5) is 5.82 Å². The highest BCUT2D eigenvalue weighted by Crippen LogP contribution is 2.21. The Labute approximate surface area is 124 Å². The Bertz CT molecular complexity index is 700. The first-order valence-electron chi connectivity index (χ1n) is 5.87. The van der Waals surface area contributed by atoms with E-state index in [0.29, 0.717) is 6.54 Å². The highest BCUT2D eigenvalue weighted by Gasteiger charge is 2.04. The molecule has 0 aliphatic carbocycles. The molecular formula is C14H11IN4. The third kappa shape index (κ3) is 2.81. The molecule has 1 N–H and O–H groups in total. The Morgan fingerprint density at radius 3 is 2.84 bits per heavy atom. The van der Waals surface area contributed by atoms with Crippen molar-refractivity contribution in [3.8, 4) is 0 Å². The zero-order valence-electron chi connectivity index (χ0n) is 10.0. The van der Waals surface area contributed by atoms with E-state index >= 15 is 0 Å². The number of nitrogens with zero attached hydrogens (tertiary/aromatic N) is 3. The molecular weight excluding hydrogens is 351 g/mol. The molecule has 19 heavy (non-hydrogen) atoms. The van der Waals surface area contributed by atoms with Gasteiger partial charge in [-0.25, -0.2) is 9.97 Å². The van der Waals surface area contributed by atoms with Gasteiger partial charge in [0.1, 0.15) is 12.1 Å². The summed E-state index contributed by atoms with van der Waals surface area (Å²) >= 11 is 2.29. The average molecular weight is 362 g/mol. The lowest BCUT2D eigenvalue weighted by Gasteiger charge is -2.08. The van der Waals surface area contributed by atoms with E-state index in [0.717, 1.165) is 22.4 Å². The number of benzene rings is 1. The smallest absolute Gasteiger partial charge is 0.137 e. The van der Waals surface area contributed by atoms with Crippen molar-refractivity contribution in [3.05, 3.63) is 58.2 Å². The maximum absolute atomic E-state index is 4.31. The Balaban J connectivity index is 1.90. The van der Waals surface area contributed by atoms with Crippen LogP contribution >= 0.6 is 22.6 Å². The van der Waals surface area contributed by atoms with Crippen LogP contribution in [0.2, 0.25) is 0 Å². The number of aromatic nitrogens is 3. The number of halogens is 1. The third-order valence-corrected chi connectivity index (χ3v) is 3.43. The topological polar surface area (TPSA) is 50.7 Å². The van der Waals surface area contributed by atoms with Crippen molar-refractivity contribution in [3.63, 3.8) is 0 Å². The summed E-state index contributed by atoms with van der Waals surface area (Å²) in [6.07, 6.45) is 3.37. The number of hydrogen-bond acceptors (Lipinski definition) is 4. The molecule has 94 valence electrons. The van der Waals surface area contributed by atoms with Crippen LogP contribution in [-0.4, -0.2) is 15.0 Å². The maximum atomic E-state index is 4.31. The Morgan fingerprint density at radius 1 is 1.05 bits per heavy atom. The Hall–Kier alpha value is -1.76. The van der Waals surface area contributed by atoms with Gasteiger partial charge in [-0.15, -0.1) is 0 Å². The monoisotopic (exact) mass is 362 g/mol. The van der Waals surface area contributed by atoms with Gasteiger partial charge in [-0.05, 0) is 52.9 Å². The number of nitrogens with one attached hydrogen (secondary N) is 1. The largest absolute Gasteiger partial charge is 0.364 e. The van der Waals surface area contributed by atoms with Crippen molar-refractivity contribution in [2.75, 3.05) is 5.32 Å². The van der Waals surface area contributed by atoms with Crippen LogP contribution in [0.3, 0.4) is 0 Å². The molecule has 0 aliphatic rings. The van der Waals surface area contributed by atoms with Gasteiger partial charge >= 0.3 is 0 Å². The van der Waals surface area contributed by atoms with Crippen molar-refractivity contribution in [2.45, 2.75) is 6.54 Å². The third-order valence-electron chi connectivity index (χ3n) is 2.76. The predicted octanol–water partition coefficient (Wildman–Crippen LogP) is 3.24. The summed E-state index contributed by atoms with van der Waals surface area (Å²) in [7, 11) is 0. The minimum absolute atomic E-state index is 0.651. The minimum atomic E-state index is 0.651. The molecule has 2 heterocycles. The Kier molecular flexibility index (Phi) is 3.54. The highest BCUT2D eigenvalue weighted by atomic mass is 127. The summed E-state index contributed by atoms with van der Waals surface area (Å²) in [5, 5.41) is 4.35. The van der Waals surface area contributed by atoms with Crippen molar-refractivity contribution >= 4 is 39.3 Å². The van der Waals surface area contributed by atoms with Crippen LogP contribution in [0, 0.1) is 3.57 Å². The molecule has 0 aliphatic heterocycles. The summed E-state index contributed by atoms with van der Waals surface area (Å²) < 4.78 is 1.17. The zero-order valence-corrected chi connectivity index (χ0v) is 12.2. The molecule has 0 spiro atoms. The highest BCUT2D eigenvalue weighted by molar-refractivity contribution is 14.1. The van der Waals surface area contributed by atoms with Gasteiger partial charge in [0, 0.05) is 15.2 Å². The van der Waals surface area contributed by atoms with Gasteiger partial charge in [-0.2, -0.15) is 0 Å². The lowest BCUT2D eigenvalue weighted by Crippen LogP contribution is -2.03. The zero-order chi connectivity index (χ0) is 13.1. The SMILES string of the molecule is Ic1ccc2ncnc(NCc3ccccn3)c2c1. The summed E-state index contributed by atoms with van der Waals surface area (Å²) in [5.74, 6) is 0.842. The molecule has 3 aromatic rings. The van der Waals surface area contributed by atoms with Gasteiger partial charge in [0.25, 0.3) is 0 Å². The van der Waals surface area contributed by atoms with E-state index in [1.165, 1.54) is 3.57 Å². The van der Waals surface area contributed by atoms with Crippen molar-refractivity contribution < 1.29 is 0 Å². The molecule has 0 saturated heterocycles. The number of hydrogen-bond donors (Lipinski definition) is 1. The molecule has 0 amide bonds. The second-order valence-corrected chi connectivity index (χ2v) is 5.30. The molecule has 4 nitrogen and oxygen atoms in total. The lowest BCUT2D eigenvalue weighted by atomic mass is 10.2. The molecule has 0 atom stereocenters. The molecule has 3 rings (SSSR count).